The summed E-state index contributed by atoms with van der Waals surface area (Å²) in [7, 11) is 3.43. The number of aliphatic carboxylic acids is 1. The third-order valence-corrected chi connectivity index (χ3v) is 3.95. The van der Waals surface area contributed by atoms with Crippen molar-refractivity contribution in [3.8, 4) is 0 Å². The van der Waals surface area contributed by atoms with E-state index in [1.54, 1.807) is 19.0 Å². The third-order valence-electron chi connectivity index (χ3n) is 2.99. The number of thioether (sulfide) groups is 1. The molecule has 112 valence electrons. The van der Waals surface area contributed by atoms with Gasteiger partial charge >= 0.3 is 5.97 Å². The zero-order chi connectivity index (χ0) is 15.4. The fourth-order valence-electron chi connectivity index (χ4n) is 1.94. The first-order chi connectivity index (χ1) is 9.99. The van der Waals surface area contributed by atoms with Crippen LogP contribution in [0.3, 0.4) is 0 Å². The first-order valence-electron chi connectivity index (χ1n) is 6.49. The first kappa shape index (κ1) is 15.4. The third kappa shape index (κ3) is 3.75. The molecule has 0 atom stereocenters. The van der Waals surface area contributed by atoms with Gasteiger partial charge in [0.15, 0.2) is 5.16 Å². The molecule has 1 aromatic heterocycles. The largest absolute Gasteiger partial charge is 0.481 e. The molecule has 0 aliphatic heterocycles. The molecule has 1 aromatic carbocycles. The maximum Gasteiger partial charge on any atom is 0.313 e. The number of hydrogen-bond acceptors (Lipinski definition) is 4. The minimum atomic E-state index is -0.886. The quantitative estimate of drug-likeness (QED) is 0.822. The molecule has 1 N–H and O–H groups in total. The predicted molar refractivity (Wildman–Crippen MR) is 81.4 cm³/mol. The summed E-state index contributed by atoms with van der Waals surface area (Å²) in [6, 6.07) is 7.59. The SMILES string of the molecule is CN(C)C(=O)CCn1c(SCC(=O)O)nc2ccccc21. The van der Waals surface area contributed by atoms with Crippen molar-refractivity contribution in [3.63, 3.8) is 0 Å². The summed E-state index contributed by atoms with van der Waals surface area (Å²) >= 11 is 1.17. The van der Waals surface area contributed by atoms with Crippen LogP contribution in [0, 0.1) is 0 Å². The first-order valence-corrected chi connectivity index (χ1v) is 7.47. The lowest BCUT2D eigenvalue weighted by atomic mass is 10.3. The van der Waals surface area contributed by atoms with Gasteiger partial charge in [0.2, 0.25) is 5.91 Å². The summed E-state index contributed by atoms with van der Waals surface area (Å²) in [5.41, 5.74) is 1.72. The monoisotopic (exact) mass is 307 g/mol. The molecule has 0 saturated carbocycles. The van der Waals surface area contributed by atoms with Crippen LogP contribution < -0.4 is 0 Å². The highest BCUT2D eigenvalue weighted by atomic mass is 32.2. The molecule has 0 unspecified atom stereocenters. The summed E-state index contributed by atoms with van der Waals surface area (Å²) in [6.07, 6.45) is 0.355. The van der Waals surface area contributed by atoms with E-state index in [4.69, 9.17) is 5.11 Å². The van der Waals surface area contributed by atoms with Gasteiger partial charge in [0, 0.05) is 27.1 Å². The smallest absolute Gasteiger partial charge is 0.313 e. The molecule has 7 heteroatoms. The number of para-hydroxylation sites is 2. The van der Waals surface area contributed by atoms with Crippen LogP contribution in [-0.4, -0.2) is 51.3 Å². The molecule has 0 fully saturated rings. The van der Waals surface area contributed by atoms with Crippen molar-refractivity contribution in [2.45, 2.75) is 18.1 Å². The van der Waals surface area contributed by atoms with Crippen molar-refractivity contribution in [2.24, 2.45) is 0 Å². The van der Waals surface area contributed by atoms with Gasteiger partial charge in [0.1, 0.15) is 0 Å². The Morgan fingerprint density at radius 3 is 2.71 bits per heavy atom. The number of carbonyl (C=O) groups is 2. The number of carbonyl (C=O) groups excluding carboxylic acids is 1. The van der Waals surface area contributed by atoms with E-state index in [-0.39, 0.29) is 11.7 Å². The second-order valence-corrected chi connectivity index (χ2v) is 5.70. The molecule has 0 radical (unpaired) electrons. The Morgan fingerprint density at radius 2 is 2.05 bits per heavy atom. The second kappa shape index (κ2) is 6.62. The van der Waals surface area contributed by atoms with Crippen LogP contribution in [0.25, 0.3) is 11.0 Å². The summed E-state index contributed by atoms with van der Waals surface area (Å²) < 4.78 is 1.91. The van der Waals surface area contributed by atoms with Crippen LogP contribution in [-0.2, 0) is 16.1 Å². The topological polar surface area (TPSA) is 75.4 Å². The number of aromatic nitrogens is 2. The number of carboxylic acids is 1. The molecule has 21 heavy (non-hydrogen) atoms. The van der Waals surface area contributed by atoms with Crippen LogP contribution in [0.15, 0.2) is 29.4 Å². The van der Waals surface area contributed by atoms with Crippen molar-refractivity contribution in [1.29, 1.82) is 0 Å². The lowest BCUT2D eigenvalue weighted by Crippen LogP contribution is -2.23. The van der Waals surface area contributed by atoms with E-state index in [1.165, 1.54) is 11.8 Å². The number of nitrogens with zero attached hydrogens (tertiary/aromatic N) is 3. The lowest BCUT2D eigenvalue weighted by Gasteiger charge is -2.12. The number of benzene rings is 1. The van der Waals surface area contributed by atoms with Crippen molar-refractivity contribution in [2.75, 3.05) is 19.8 Å². The van der Waals surface area contributed by atoms with Crippen LogP contribution in [0.2, 0.25) is 0 Å². The van der Waals surface area contributed by atoms with Crippen molar-refractivity contribution in [3.05, 3.63) is 24.3 Å². The highest BCUT2D eigenvalue weighted by Gasteiger charge is 2.14. The average molecular weight is 307 g/mol. The van der Waals surface area contributed by atoms with Crippen molar-refractivity contribution in [1.82, 2.24) is 14.5 Å². The number of imidazole rings is 1. The second-order valence-electron chi connectivity index (χ2n) is 4.76. The van der Waals surface area contributed by atoms with E-state index in [0.29, 0.717) is 18.1 Å². The number of hydrogen-bond donors (Lipinski definition) is 1. The molecule has 0 spiro atoms. The highest BCUT2D eigenvalue weighted by molar-refractivity contribution is 7.99. The van der Waals surface area contributed by atoms with Gasteiger partial charge in [-0.3, -0.25) is 9.59 Å². The Bertz CT molecular complexity index is 667. The van der Waals surface area contributed by atoms with E-state index in [0.717, 1.165) is 11.0 Å². The van der Waals surface area contributed by atoms with Gasteiger partial charge in [-0.05, 0) is 12.1 Å². The molecule has 1 amide bonds. The van der Waals surface area contributed by atoms with Gasteiger partial charge in [-0.1, -0.05) is 23.9 Å². The maximum atomic E-state index is 11.7. The number of fused-ring (bicyclic) bond motifs is 1. The van der Waals surface area contributed by atoms with E-state index < -0.39 is 5.97 Å². The van der Waals surface area contributed by atoms with E-state index in [9.17, 15) is 9.59 Å². The van der Waals surface area contributed by atoms with E-state index in [2.05, 4.69) is 4.98 Å². The van der Waals surface area contributed by atoms with Crippen LogP contribution >= 0.6 is 11.8 Å². The summed E-state index contributed by atoms with van der Waals surface area (Å²) in [4.78, 5) is 28.5. The molecule has 2 aromatic rings. The molecular weight excluding hydrogens is 290 g/mol. The fraction of sp³-hybridized carbons (Fsp3) is 0.357. The minimum Gasteiger partial charge on any atom is -0.481 e. The van der Waals surface area contributed by atoms with Gasteiger partial charge in [-0.15, -0.1) is 0 Å². The number of carboxylic acid groups (broad SMARTS) is 1. The summed E-state index contributed by atoms with van der Waals surface area (Å²) in [5, 5.41) is 9.44. The Labute approximate surface area is 126 Å². The molecule has 6 nitrogen and oxygen atoms in total. The Morgan fingerprint density at radius 1 is 1.33 bits per heavy atom. The zero-order valence-electron chi connectivity index (χ0n) is 11.9. The maximum absolute atomic E-state index is 11.7. The molecule has 0 bridgehead atoms. The Hall–Kier alpha value is -2.02. The van der Waals surface area contributed by atoms with E-state index in [1.807, 2.05) is 28.8 Å². The number of rotatable bonds is 6. The van der Waals surface area contributed by atoms with E-state index >= 15 is 0 Å². The molecule has 2 rings (SSSR count). The van der Waals surface area contributed by atoms with Gasteiger partial charge < -0.3 is 14.6 Å². The molecule has 0 saturated heterocycles. The van der Waals surface area contributed by atoms with Crippen LogP contribution in [0.4, 0.5) is 0 Å². The van der Waals surface area contributed by atoms with Gasteiger partial charge in [0.05, 0.1) is 16.8 Å². The summed E-state index contributed by atoms with van der Waals surface area (Å²) in [5.74, 6) is -0.907. The van der Waals surface area contributed by atoms with Crippen molar-refractivity contribution < 1.29 is 14.7 Å². The van der Waals surface area contributed by atoms with Crippen LogP contribution in [0.5, 0.6) is 0 Å². The van der Waals surface area contributed by atoms with Crippen molar-refractivity contribution >= 4 is 34.7 Å². The average Bonchev–Trinajstić information content (AvgIpc) is 2.80. The normalized spacial score (nSPS) is 10.8. The van der Waals surface area contributed by atoms with Gasteiger partial charge in [-0.2, -0.15) is 0 Å². The summed E-state index contributed by atoms with van der Waals surface area (Å²) in [6.45, 7) is 0.486. The molecule has 0 aliphatic rings. The minimum absolute atomic E-state index is 0.0296. The molecular formula is C14H17N3O3S. The Kier molecular flexibility index (Phi) is 4.85. The predicted octanol–water partition coefficient (Wildman–Crippen LogP) is 1.69. The fourth-order valence-corrected chi connectivity index (χ4v) is 2.70. The number of amides is 1. The lowest BCUT2D eigenvalue weighted by molar-refractivity contribution is -0.134. The van der Waals surface area contributed by atoms with Gasteiger partial charge in [-0.25, -0.2) is 4.98 Å². The van der Waals surface area contributed by atoms with Crippen LogP contribution in [0.1, 0.15) is 6.42 Å². The van der Waals surface area contributed by atoms with Gasteiger partial charge in [0.25, 0.3) is 0 Å². The number of aryl methyl sites for hydroxylation is 1. The standard InChI is InChI=1S/C14H17N3O3S/c1-16(2)12(18)7-8-17-11-6-4-3-5-10(11)15-14(17)21-9-13(19)20/h3-6H,7-9H2,1-2H3,(H,19,20). The Balaban J connectivity index is 2.27. The molecule has 1 heterocycles. The zero-order valence-corrected chi connectivity index (χ0v) is 12.8. The molecule has 0 aliphatic carbocycles. The highest BCUT2D eigenvalue weighted by Crippen LogP contribution is 2.24.